The van der Waals surface area contributed by atoms with Gasteiger partial charge in [0.1, 0.15) is 5.82 Å². The zero-order chi connectivity index (χ0) is 13.8. The summed E-state index contributed by atoms with van der Waals surface area (Å²) in [5, 5.41) is 2.87. The molecule has 0 saturated heterocycles. The Labute approximate surface area is 112 Å². The minimum atomic E-state index is -0.0705. The number of nitrogen functional groups attached to an aromatic ring is 1. The van der Waals surface area contributed by atoms with Crippen LogP contribution in [0.4, 0.5) is 5.82 Å². The average molecular weight is 255 g/mol. The van der Waals surface area contributed by atoms with Crippen LogP contribution in [0, 0.1) is 0 Å². The molecule has 1 aromatic heterocycles. The summed E-state index contributed by atoms with van der Waals surface area (Å²) in [5.41, 5.74) is 8.21. The first kappa shape index (κ1) is 13.1. The van der Waals surface area contributed by atoms with Gasteiger partial charge in [-0.1, -0.05) is 12.1 Å². The molecule has 0 atom stereocenters. The largest absolute Gasteiger partial charge is 0.384 e. The number of benzene rings is 1. The fourth-order valence-electron chi connectivity index (χ4n) is 1.81. The van der Waals surface area contributed by atoms with Gasteiger partial charge in [0, 0.05) is 17.8 Å². The van der Waals surface area contributed by atoms with Gasteiger partial charge in [-0.25, -0.2) is 4.98 Å². The summed E-state index contributed by atoms with van der Waals surface area (Å²) in [4.78, 5) is 15.9. The van der Waals surface area contributed by atoms with Crippen LogP contribution in [-0.2, 0) is 0 Å². The van der Waals surface area contributed by atoms with Crippen LogP contribution in [0.25, 0.3) is 11.1 Å². The molecule has 1 aromatic carbocycles. The Morgan fingerprint density at radius 3 is 2.63 bits per heavy atom. The van der Waals surface area contributed by atoms with Crippen LogP contribution in [0.3, 0.4) is 0 Å². The second-order valence-corrected chi connectivity index (χ2v) is 4.68. The van der Waals surface area contributed by atoms with Crippen LogP contribution in [0.15, 0.2) is 42.6 Å². The van der Waals surface area contributed by atoms with E-state index in [0.717, 1.165) is 11.1 Å². The predicted molar refractivity (Wildman–Crippen MR) is 76.7 cm³/mol. The Morgan fingerprint density at radius 1 is 1.21 bits per heavy atom. The van der Waals surface area contributed by atoms with Crippen molar-refractivity contribution < 1.29 is 4.79 Å². The number of nitrogens with two attached hydrogens (primary N) is 1. The zero-order valence-electron chi connectivity index (χ0n) is 11.1. The van der Waals surface area contributed by atoms with Gasteiger partial charge in [0.2, 0.25) is 0 Å². The maximum absolute atomic E-state index is 12.0. The molecule has 0 fully saturated rings. The molecule has 4 heteroatoms. The summed E-state index contributed by atoms with van der Waals surface area (Å²) in [5.74, 6) is 0.397. The molecular formula is C15H17N3O. The molecule has 4 nitrogen and oxygen atoms in total. The highest BCUT2D eigenvalue weighted by Crippen LogP contribution is 2.21. The number of aromatic nitrogens is 1. The van der Waals surface area contributed by atoms with Gasteiger partial charge >= 0.3 is 0 Å². The molecule has 0 saturated carbocycles. The zero-order valence-corrected chi connectivity index (χ0v) is 11.1. The molecule has 2 aromatic rings. The third kappa shape index (κ3) is 3.31. The normalized spacial score (nSPS) is 10.5. The molecule has 0 radical (unpaired) electrons. The van der Waals surface area contributed by atoms with Crippen molar-refractivity contribution >= 4 is 11.7 Å². The Morgan fingerprint density at radius 2 is 1.95 bits per heavy atom. The molecule has 3 N–H and O–H groups in total. The maximum atomic E-state index is 12.0. The highest BCUT2D eigenvalue weighted by molar-refractivity contribution is 5.95. The summed E-state index contributed by atoms with van der Waals surface area (Å²) in [6.07, 6.45) is 1.66. The second kappa shape index (κ2) is 5.52. The molecule has 0 aliphatic carbocycles. The number of carbonyl (C=O) groups is 1. The Kier molecular flexibility index (Phi) is 3.80. The first-order valence-corrected chi connectivity index (χ1v) is 6.19. The van der Waals surface area contributed by atoms with E-state index >= 15 is 0 Å². The highest BCUT2D eigenvalue weighted by Gasteiger charge is 2.08. The quantitative estimate of drug-likeness (QED) is 0.885. The third-order valence-corrected chi connectivity index (χ3v) is 2.66. The lowest BCUT2D eigenvalue weighted by atomic mass is 10.0. The fourth-order valence-corrected chi connectivity index (χ4v) is 1.81. The van der Waals surface area contributed by atoms with Gasteiger partial charge in [0.05, 0.1) is 0 Å². The lowest BCUT2D eigenvalue weighted by molar-refractivity contribution is 0.0943. The number of rotatable bonds is 3. The molecule has 0 aliphatic rings. The van der Waals surface area contributed by atoms with E-state index in [1.54, 1.807) is 18.3 Å². The van der Waals surface area contributed by atoms with E-state index in [-0.39, 0.29) is 11.9 Å². The van der Waals surface area contributed by atoms with Gasteiger partial charge in [-0.2, -0.15) is 0 Å². The second-order valence-electron chi connectivity index (χ2n) is 4.68. The van der Waals surface area contributed by atoms with Crippen molar-refractivity contribution in [3.8, 4) is 11.1 Å². The summed E-state index contributed by atoms with van der Waals surface area (Å²) in [6, 6.07) is 11.2. The first-order chi connectivity index (χ1) is 9.06. The fraction of sp³-hybridized carbons (Fsp3) is 0.200. The molecule has 0 spiro atoms. The SMILES string of the molecule is CC(C)NC(=O)c1cccc(-c2ccnc(N)c2)c1. The van der Waals surface area contributed by atoms with Crippen LogP contribution in [-0.4, -0.2) is 16.9 Å². The monoisotopic (exact) mass is 255 g/mol. The van der Waals surface area contributed by atoms with Gasteiger partial charge < -0.3 is 11.1 Å². The Hall–Kier alpha value is -2.36. The molecule has 2 rings (SSSR count). The van der Waals surface area contributed by atoms with Crippen molar-refractivity contribution in [3.05, 3.63) is 48.2 Å². The summed E-state index contributed by atoms with van der Waals surface area (Å²) in [6.45, 7) is 3.87. The summed E-state index contributed by atoms with van der Waals surface area (Å²) in [7, 11) is 0. The Bertz CT molecular complexity index is 593. The van der Waals surface area contributed by atoms with Crippen LogP contribution in [0.5, 0.6) is 0 Å². The lowest BCUT2D eigenvalue weighted by Crippen LogP contribution is -2.30. The van der Waals surface area contributed by atoms with Gasteiger partial charge in [0.25, 0.3) is 5.91 Å². The number of hydrogen-bond donors (Lipinski definition) is 2. The smallest absolute Gasteiger partial charge is 0.251 e. The minimum Gasteiger partial charge on any atom is -0.384 e. The predicted octanol–water partition coefficient (Wildman–Crippen LogP) is 2.47. The molecule has 0 bridgehead atoms. The van der Waals surface area contributed by atoms with Crippen LogP contribution in [0.1, 0.15) is 24.2 Å². The molecular weight excluding hydrogens is 238 g/mol. The number of carbonyl (C=O) groups excluding carboxylic acids is 1. The van der Waals surface area contributed by atoms with Crippen molar-refractivity contribution in [1.29, 1.82) is 0 Å². The van der Waals surface area contributed by atoms with Crippen LogP contribution >= 0.6 is 0 Å². The van der Waals surface area contributed by atoms with Crippen molar-refractivity contribution in [1.82, 2.24) is 10.3 Å². The molecule has 19 heavy (non-hydrogen) atoms. The summed E-state index contributed by atoms with van der Waals surface area (Å²) < 4.78 is 0. The van der Waals surface area contributed by atoms with E-state index in [0.29, 0.717) is 11.4 Å². The van der Waals surface area contributed by atoms with E-state index in [9.17, 15) is 4.79 Å². The van der Waals surface area contributed by atoms with E-state index in [2.05, 4.69) is 10.3 Å². The number of hydrogen-bond acceptors (Lipinski definition) is 3. The first-order valence-electron chi connectivity index (χ1n) is 6.19. The number of amides is 1. The average Bonchev–Trinajstić information content (AvgIpc) is 2.38. The van der Waals surface area contributed by atoms with E-state index in [1.807, 2.05) is 38.1 Å². The maximum Gasteiger partial charge on any atom is 0.251 e. The van der Waals surface area contributed by atoms with Crippen molar-refractivity contribution in [2.75, 3.05) is 5.73 Å². The van der Waals surface area contributed by atoms with Gasteiger partial charge in [0.15, 0.2) is 0 Å². The van der Waals surface area contributed by atoms with Gasteiger partial charge in [-0.15, -0.1) is 0 Å². The molecule has 1 heterocycles. The van der Waals surface area contributed by atoms with Crippen molar-refractivity contribution in [2.24, 2.45) is 0 Å². The number of pyridine rings is 1. The molecule has 1 amide bonds. The number of nitrogens with zero attached hydrogens (tertiary/aromatic N) is 1. The van der Waals surface area contributed by atoms with E-state index < -0.39 is 0 Å². The van der Waals surface area contributed by atoms with E-state index in [1.165, 1.54) is 0 Å². The van der Waals surface area contributed by atoms with Gasteiger partial charge in [-0.3, -0.25) is 4.79 Å². The third-order valence-electron chi connectivity index (χ3n) is 2.66. The standard InChI is InChI=1S/C15H17N3O/c1-10(2)18-15(19)13-5-3-4-11(8-13)12-6-7-17-14(16)9-12/h3-10H,1-2H3,(H2,16,17)(H,18,19). The molecule has 98 valence electrons. The molecule has 0 aliphatic heterocycles. The van der Waals surface area contributed by atoms with Crippen LogP contribution in [0.2, 0.25) is 0 Å². The summed E-state index contributed by atoms with van der Waals surface area (Å²) >= 11 is 0. The van der Waals surface area contributed by atoms with E-state index in [4.69, 9.17) is 5.73 Å². The molecule has 0 unspecified atom stereocenters. The van der Waals surface area contributed by atoms with Crippen LogP contribution < -0.4 is 11.1 Å². The van der Waals surface area contributed by atoms with Crippen molar-refractivity contribution in [3.63, 3.8) is 0 Å². The van der Waals surface area contributed by atoms with Gasteiger partial charge in [-0.05, 0) is 49.2 Å². The number of nitrogens with one attached hydrogen (secondary N) is 1. The highest BCUT2D eigenvalue weighted by atomic mass is 16.1. The lowest BCUT2D eigenvalue weighted by Gasteiger charge is -2.09. The topological polar surface area (TPSA) is 68.0 Å². The van der Waals surface area contributed by atoms with Crippen molar-refractivity contribution in [2.45, 2.75) is 19.9 Å². The minimum absolute atomic E-state index is 0.0705. The Balaban J connectivity index is 2.32. The number of anilines is 1.